The third-order valence-electron chi connectivity index (χ3n) is 7.01. The van der Waals surface area contributed by atoms with Crippen LogP contribution in [0.15, 0.2) is 42.5 Å². The molecule has 0 radical (unpaired) electrons. The smallest absolute Gasteiger partial charge is 0.252 e. The Bertz CT molecular complexity index is 1280. The Kier molecular flexibility index (Phi) is 3.92. The molecule has 5 heteroatoms. The second-order valence-corrected chi connectivity index (χ2v) is 8.55. The lowest BCUT2D eigenvalue weighted by Crippen LogP contribution is -2.15. The van der Waals surface area contributed by atoms with Gasteiger partial charge in [-0.15, -0.1) is 0 Å². The quantitative estimate of drug-likeness (QED) is 0.629. The van der Waals surface area contributed by atoms with Gasteiger partial charge in [-0.2, -0.15) is 0 Å². The first-order valence-electron chi connectivity index (χ1n) is 10.7. The molecule has 2 atom stereocenters. The van der Waals surface area contributed by atoms with Crippen LogP contribution in [0.25, 0.3) is 21.8 Å². The van der Waals surface area contributed by atoms with E-state index in [4.69, 9.17) is 0 Å². The Hall–Kier alpha value is -2.89. The third kappa shape index (κ3) is 2.27. The van der Waals surface area contributed by atoms with E-state index in [1.54, 1.807) is 0 Å². The number of aromatic nitrogens is 1. The predicted molar refractivity (Wildman–Crippen MR) is 116 cm³/mol. The maximum Gasteiger partial charge on any atom is 0.252 e. The molecule has 0 fully saturated rings. The van der Waals surface area contributed by atoms with Crippen LogP contribution in [-0.4, -0.2) is 27.3 Å². The molecule has 2 aliphatic carbocycles. The highest BCUT2D eigenvalue weighted by Crippen LogP contribution is 2.50. The van der Waals surface area contributed by atoms with Gasteiger partial charge in [-0.1, -0.05) is 30.4 Å². The van der Waals surface area contributed by atoms with E-state index in [-0.39, 0.29) is 25.0 Å². The number of benzene rings is 2. The fourth-order valence-corrected chi connectivity index (χ4v) is 5.81. The number of aliphatic hydroxyl groups excluding tert-OH is 2. The Balaban J connectivity index is 1.78. The van der Waals surface area contributed by atoms with E-state index >= 15 is 0 Å². The van der Waals surface area contributed by atoms with E-state index in [0.29, 0.717) is 18.9 Å². The van der Waals surface area contributed by atoms with Gasteiger partial charge in [0.25, 0.3) is 5.91 Å². The van der Waals surface area contributed by atoms with Crippen LogP contribution in [0, 0.1) is 5.92 Å². The Morgan fingerprint density at radius 3 is 2.83 bits per heavy atom. The van der Waals surface area contributed by atoms with E-state index in [9.17, 15) is 15.0 Å². The molecule has 2 heterocycles. The highest BCUT2D eigenvalue weighted by Gasteiger charge is 2.40. The van der Waals surface area contributed by atoms with Crippen molar-refractivity contribution in [2.45, 2.75) is 38.5 Å². The summed E-state index contributed by atoms with van der Waals surface area (Å²) in [4.78, 5) is 12.9. The molecular formula is C25H24N2O3. The predicted octanol–water partition coefficient (Wildman–Crippen LogP) is 3.29. The summed E-state index contributed by atoms with van der Waals surface area (Å²) in [6, 6.07) is 6.10. The van der Waals surface area contributed by atoms with Crippen molar-refractivity contribution in [3.63, 3.8) is 0 Å². The molecule has 3 aromatic rings. The Labute approximate surface area is 174 Å². The van der Waals surface area contributed by atoms with Crippen molar-refractivity contribution in [1.82, 2.24) is 9.88 Å². The minimum Gasteiger partial charge on any atom is -0.396 e. The van der Waals surface area contributed by atoms with E-state index in [2.05, 4.69) is 46.3 Å². The zero-order valence-corrected chi connectivity index (χ0v) is 16.7. The monoisotopic (exact) mass is 400 g/mol. The van der Waals surface area contributed by atoms with Gasteiger partial charge in [0, 0.05) is 47.5 Å². The summed E-state index contributed by atoms with van der Waals surface area (Å²) in [5.74, 6) is 0.649. The zero-order chi connectivity index (χ0) is 20.4. The number of aliphatic hydroxyl groups is 2. The molecule has 1 aromatic heterocycles. The largest absolute Gasteiger partial charge is 0.396 e. The molecular weight excluding hydrogens is 376 g/mol. The molecule has 5 nitrogen and oxygen atoms in total. The molecule has 0 saturated carbocycles. The first-order chi connectivity index (χ1) is 14.7. The number of carbonyl (C=O) groups is 1. The first-order valence-corrected chi connectivity index (χ1v) is 10.7. The summed E-state index contributed by atoms with van der Waals surface area (Å²) < 4.78 is 2.33. The van der Waals surface area contributed by atoms with Gasteiger partial charge in [0.15, 0.2) is 0 Å². The average Bonchev–Trinajstić information content (AvgIpc) is 3.43. The van der Waals surface area contributed by atoms with E-state index in [1.165, 1.54) is 16.6 Å². The van der Waals surface area contributed by atoms with Crippen LogP contribution in [0.3, 0.4) is 0 Å². The number of aryl methyl sites for hydroxylation is 1. The normalized spacial score (nSPS) is 21.3. The van der Waals surface area contributed by atoms with Gasteiger partial charge in [0.05, 0.1) is 12.1 Å². The van der Waals surface area contributed by atoms with Gasteiger partial charge in [-0.3, -0.25) is 4.79 Å². The molecule has 152 valence electrons. The number of carbonyl (C=O) groups excluding carboxylic acids is 1. The van der Waals surface area contributed by atoms with Crippen molar-refractivity contribution in [1.29, 1.82) is 0 Å². The minimum absolute atomic E-state index is 0.0106. The van der Waals surface area contributed by atoms with Crippen LogP contribution < -0.4 is 5.32 Å². The van der Waals surface area contributed by atoms with E-state index in [1.807, 2.05) is 6.07 Å². The number of allylic oxidation sites excluding steroid dienone is 4. The molecule has 6 rings (SSSR count). The van der Waals surface area contributed by atoms with Crippen molar-refractivity contribution in [2.24, 2.45) is 5.92 Å². The fourth-order valence-electron chi connectivity index (χ4n) is 5.81. The number of nitrogens with one attached hydrogen (secondary N) is 1. The highest BCUT2D eigenvalue weighted by atomic mass is 16.3. The molecule has 30 heavy (non-hydrogen) atoms. The molecule has 0 spiro atoms. The van der Waals surface area contributed by atoms with Crippen LogP contribution in [0.5, 0.6) is 0 Å². The molecule has 0 bridgehead atoms. The molecule has 1 aliphatic heterocycles. The second-order valence-electron chi connectivity index (χ2n) is 8.55. The summed E-state index contributed by atoms with van der Waals surface area (Å²) in [7, 11) is 0. The third-order valence-corrected chi connectivity index (χ3v) is 7.01. The SMILES string of the molecule is O=C1NCc2c1c1c(c3c2c2cc(CO)ccc2n3CCCO)CC2C=CC=CC12. The van der Waals surface area contributed by atoms with Gasteiger partial charge in [-0.05, 0) is 53.1 Å². The highest BCUT2D eigenvalue weighted by molar-refractivity contribution is 6.17. The topological polar surface area (TPSA) is 74.5 Å². The van der Waals surface area contributed by atoms with Crippen LogP contribution in [0.2, 0.25) is 0 Å². The van der Waals surface area contributed by atoms with Crippen molar-refractivity contribution in [3.8, 4) is 0 Å². The van der Waals surface area contributed by atoms with Gasteiger partial charge in [-0.25, -0.2) is 0 Å². The first kappa shape index (κ1) is 17.9. The zero-order valence-electron chi connectivity index (χ0n) is 16.7. The van der Waals surface area contributed by atoms with Gasteiger partial charge in [0.1, 0.15) is 0 Å². The van der Waals surface area contributed by atoms with Crippen molar-refractivity contribution < 1.29 is 15.0 Å². The number of nitrogens with zero attached hydrogens (tertiary/aromatic N) is 1. The van der Waals surface area contributed by atoms with Crippen LogP contribution in [-0.2, 0) is 26.1 Å². The van der Waals surface area contributed by atoms with Crippen LogP contribution in [0.1, 0.15) is 45.0 Å². The van der Waals surface area contributed by atoms with Gasteiger partial charge >= 0.3 is 0 Å². The molecule has 2 unspecified atom stereocenters. The summed E-state index contributed by atoms with van der Waals surface area (Å²) in [6.45, 7) is 1.39. The maximum atomic E-state index is 12.9. The molecule has 1 amide bonds. The maximum absolute atomic E-state index is 12.9. The summed E-state index contributed by atoms with van der Waals surface area (Å²) in [6.07, 6.45) is 10.3. The Morgan fingerprint density at radius 1 is 1.13 bits per heavy atom. The van der Waals surface area contributed by atoms with Crippen LogP contribution >= 0.6 is 0 Å². The average molecular weight is 400 g/mol. The molecule has 3 aliphatic rings. The number of amides is 1. The summed E-state index contributed by atoms with van der Waals surface area (Å²) in [5, 5.41) is 24.5. The number of hydrogen-bond acceptors (Lipinski definition) is 3. The second kappa shape index (κ2) is 6.56. The lowest BCUT2D eigenvalue weighted by molar-refractivity contribution is 0.0964. The van der Waals surface area contributed by atoms with Crippen molar-refractivity contribution >= 4 is 27.7 Å². The summed E-state index contributed by atoms with van der Waals surface area (Å²) >= 11 is 0. The molecule has 0 saturated heterocycles. The van der Waals surface area contributed by atoms with Gasteiger partial charge in [0.2, 0.25) is 0 Å². The van der Waals surface area contributed by atoms with Crippen molar-refractivity contribution in [3.05, 3.63) is 70.3 Å². The lowest BCUT2D eigenvalue weighted by Gasteiger charge is -2.18. The minimum atomic E-state index is -0.0106. The lowest BCUT2D eigenvalue weighted by atomic mass is 9.85. The van der Waals surface area contributed by atoms with Gasteiger partial charge < -0.3 is 20.1 Å². The number of rotatable bonds is 4. The van der Waals surface area contributed by atoms with E-state index in [0.717, 1.165) is 45.9 Å². The fraction of sp³-hybridized carbons (Fsp3) is 0.320. The number of hydrogen-bond donors (Lipinski definition) is 3. The van der Waals surface area contributed by atoms with E-state index < -0.39 is 0 Å². The standard InChI is InChI=1S/C25H24N2O3/c28-9-3-8-27-20-7-6-14(13-29)10-17(20)22-19-12-26-25(30)23(19)21-16-5-2-1-4-15(16)11-18(21)24(22)27/h1-2,4-7,10,15-16,28-29H,3,8-9,11-13H2,(H,26,30). The number of fused-ring (bicyclic) bond motifs is 10. The van der Waals surface area contributed by atoms with Crippen LogP contribution in [0.4, 0.5) is 0 Å². The van der Waals surface area contributed by atoms with Crippen molar-refractivity contribution in [2.75, 3.05) is 6.61 Å². The summed E-state index contributed by atoms with van der Waals surface area (Å²) in [5.41, 5.74) is 7.58. The molecule has 2 aromatic carbocycles. The molecule has 3 N–H and O–H groups in total. The Morgan fingerprint density at radius 2 is 2.00 bits per heavy atom.